The summed E-state index contributed by atoms with van der Waals surface area (Å²) in [6.45, 7) is 0.422. The Balaban J connectivity index is 2.05. The molecule has 0 saturated heterocycles. The second-order valence-corrected chi connectivity index (χ2v) is 6.26. The number of hydrogen-bond acceptors (Lipinski definition) is 3. The smallest absolute Gasteiger partial charge is 0.369 e. The lowest BCUT2D eigenvalue weighted by Crippen LogP contribution is -2.05. The Morgan fingerprint density at radius 3 is 2.62 bits per heavy atom. The third-order valence-electron chi connectivity index (χ3n) is 3.05. The largest absolute Gasteiger partial charge is 0.416 e. The predicted molar refractivity (Wildman–Crippen MR) is 77.6 cm³/mol. The van der Waals surface area contributed by atoms with E-state index in [1.807, 2.05) is 6.07 Å². The summed E-state index contributed by atoms with van der Waals surface area (Å²) < 4.78 is 40.4. The summed E-state index contributed by atoms with van der Waals surface area (Å²) in [5.41, 5.74) is 5.86. The zero-order valence-corrected chi connectivity index (χ0v) is 12.1. The van der Waals surface area contributed by atoms with Crippen molar-refractivity contribution in [2.24, 2.45) is 0 Å². The van der Waals surface area contributed by atoms with Crippen molar-refractivity contribution in [3.05, 3.63) is 45.1 Å². The highest BCUT2D eigenvalue weighted by Gasteiger charge is 2.31. The van der Waals surface area contributed by atoms with Crippen molar-refractivity contribution < 1.29 is 13.2 Å². The number of halogens is 4. The lowest BCUT2D eigenvalue weighted by atomic mass is 10.2. The van der Waals surface area contributed by atoms with Gasteiger partial charge in [0.2, 0.25) is 5.95 Å². The fraction of sp³-hybridized carbons (Fsp3) is 0.154. The molecule has 2 aromatic heterocycles. The van der Waals surface area contributed by atoms with E-state index in [2.05, 4.69) is 4.98 Å². The molecular weight excluding hydrogens is 323 g/mol. The van der Waals surface area contributed by atoms with Gasteiger partial charge in [-0.25, -0.2) is 4.98 Å². The molecule has 0 spiro atoms. The highest BCUT2D eigenvalue weighted by Crippen LogP contribution is 2.32. The van der Waals surface area contributed by atoms with E-state index in [9.17, 15) is 13.2 Å². The quantitative estimate of drug-likeness (QED) is 0.756. The fourth-order valence-electron chi connectivity index (χ4n) is 2.08. The molecule has 8 heteroatoms. The van der Waals surface area contributed by atoms with Crippen molar-refractivity contribution in [2.45, 2.75) is 12.7 Å². The molecule has 0 radical (unpaired) electrons. The number of fused-ring (bicyclic) bond motifs is 1. The van der Waals surface area contributed by atoms with Gasteiger partial charge < -0.3 is 10.3 Å². The van der Waals surface area contributed by atoms with Crippen LogP contribution in [0.3, 0.4) is 0 Å². The Kier molecular flexibility index (Phi) is 3.33. The van der Waals surface area contributed by atoms with Gasteiger partial charge in [-0.05, 0) is 30.3 Å². The lowest BCUT2D eigenvalue weighted by Gasteiger charge is -2.07. The average molecular weight is 332 g/mol. The molecule has 110 valence electrons. The average Bonchev–Trinajstić information content (AvgIpc) is 2.93. The van der Waals surface area contributed by atoms with Crippen molar-refractivity contribution >= 4 is 39.9 Å². The number of aromatic nitrogens is 2. The summed E-state index contributed by atoms with van der Waals surface area (Å²) in [5, 5.41) is 0. The molecule has 21 heavy (non-hydrogen) atoms. The van der Waals surface area contributed by atoms with E-state index in [-0.39, 0.29) is 11.5 Å². The van der Waals surface area contributed by atoms with Crippen LogP contribution >= 0.6 is 22.9 Å². The normalized spacial score (nSPS) is 12.2. The van der Waals surface area contributed by atoms with Crippen LogP contribution in [0.15, 0.2) is 30.3 Å². The minimum Gasteiger partial charge on any atom is -0.369 e. The molecule has 0 fully saturated rings. The molecule has 3 rings (SSSR count). The van der Waals surface area contributed by atoms with Crippen LogP contribution in [0.1, 0.15) is 10.4 Å². The van der Waals surface area contributed by atoms with Crippen LogP contribution in [0.5, 0.6) is 0 Å². The molecule has 3 aromatic rings. The monoisotopic (exact) mass is 331 g/mol. The molecule has 2 N–H and O–H groups in total. The standard InChI is InChI=1S/C13H9ClF3N3S/c14-11-4-2-8(21-11)6-20-10-3-1-7(13(15,16)17)5-9(10)19-12(20)18/h1-5H,6H2,(H2,18,19). The van der Waals surface area contributed by atoms with Crippen LogP contribution in [-0.2, 0) is 12.7 Å². The number of hydrogen-bond donors (Lipinski definition) is 1. The Morgan fingerprint density at radius 1 is 1.24 bits per heavy atom. The summed E-state index contributed by atoms with van der Waals surface area (Å²) in [7, 11) is 0. The number of nitrogens with two attached hydrogens (primary N) is 1. The summed E-state index contributed by atoms with van der Waals surface area (Å²) in [6.07, 6.45) is -4.39. The number of nitrogen functional groups attached to an aromatic ring is 1. The molecule has 0 saturated carbocycles. The van der Waals surface area contributed by atoms with Crippen molar-refractivity contribution in [1.82, 2.24) is 9.55 Å². The molecule has 0 aliphatic rings. The van der Waals surface area contributed by atoms with E-state index in [1.165, 1.54) is 17.4 Å². The zero-order valence-electron chi connectivity index (χ0n) is 10.5. The molecule has 1 aromatic carbocycles. The number of alkyl halides is 3. The van der Waals surface area contributed by atoms with Crippen molar-refractivity contribution in [3.8, 4) is 0 Å². The molecule has 3 nitrogen and oxygen atoms in total. The van der Waals surface area contributed by atoms with E-state index in [0.717, 1.165) is 17.0 Å². The lowest BCUT2D eigenvalue weighted by molar-refractivity contribution is -0.137. The van der Waals surface area contributed by atoms with E-state index < -0.39 is 11.7 Å². The van der Waals surface area contributed by atoms with E-state index in [1.54, 1.807) is 10.6 Å². The molecule has 0 unspecified atom stereocenters. The van der Waals surface area contributed by atoms with Gasteiger partial charge in [0.05, 0.1) is 27.5 Å². The summed E-state index contributed by atoms with van der Waals surface area (Å²) in [6, 6.07) is 7.03. The Hall–Kier alpha value is -1.73. The van der Waals surface area contributed by atoms with E-state index in [4.69, 9.17) is 17.3 Å². The molecule has 0 aliphatic carbocycles. The van der Waals surface area contributed by atoms with Gasteiger partial charge in [-0.3, -0.25) is 0 Å². The van der Waals surface area contributed by atoms with Gasteiger partial charge in [-0.1, -0.05) is 11.6 Å². The number of imidazole rings is 1. The predicted octanol–water partition coefficient (Wildman–Crippen LogP) is 4.40. The van der Waals surface area contributed by atoms with Gasteiger partial charge >= 0.3 is 6.18 Å². The van der Waals surface area contributed by atoms with Gasteiger partial charge in [0.1, 0.15) is 0 Å². The topological polar surface area (TPSA) is 43.8 Å². The number of benzene rings is 1. The fourth-order valence-corrected chi connectivity index (χ4v) is 3.16. The third-order valence-corrected chi connectivity index (χ3v) is 4.26. The molecule has 0 amide bonds. The number of rotatable bonds is 2. The van der Waals surface area contributed by atoms with Gasteiger partial charge in [0, 0.05) is 4.88 Å². The Bertz CT molecular complexity index is 807. The van der Waals surface area contributed by atoms with Gasteiger partial charge in [-0.2, -0.15) is 13.2 Å². The second-order valence-electron chi connectivity index (χ2n) is 4.46. The molecular formula is C13H9ClF3N3S. The summed E-state index contributed by atoms with van der Waals surface area (Å²) in [4.78, 5) is 4.95. The van der Waals surface area contributed by atoms with Crippen LogP contribution in [0.4, 0.5) is 19.1 Å². The highest BCUT2D eigenvalue weighted by atomic mass is 35.5. The maximum atomic E-state index is 12.7. The van der Waals surface area contributed by atoms with Gasteiger partial charge in [0.25, 0.3) is 0 Å². The number of thiophene rings is 1. The Labute approximate surface area is 126 Å². The van der Waals surface area contributed by atoms with Crippen LogP contribution in [0, 0.1) is 0 Å². The molecule has 0 bridgehead atoms. The maximum Gasteiger partial charge on any atom is 0.416 e. The molecule has 0 atom stereocenters. The first-order valence-electron chi connectivity index (χ1n) is 5.92. The van der Waals surface area contributed by atoms with E-state index in [0.29, 0.717) is 16.4 Å². The van der Waals surface area contributed by atoms with Crippen LogP contribution in [-0.4, -0.2) is 9.55 Å². The minimum atomic E-state index is -4.39. The maximum absolute atomic E-state index is 12.7. The van der Waals surface area contributed by atoms with Crippen LogP contribution < -0.4 is 5.73 Å². The molecule has 0 aliphatic heterocycles. The zero-order chi connectivity index (χ0) is 15.2. The highest BCUT2D eigenvalue weighted by molar-refractivity contribution is 7.16. The first-order chi connectivity index (χ1) is 9.84. The second kappa shape index (κ2) is 4.92. The van der Waals surface area contributed by atoms with Crippen LogP contribution in [0.25, 0.3) is 11.0 Å². The summed E-state index contributed by atoms with van der Waals surface area (Å²) in [5.74, 6) is 0.175. The number of anilines is 1. The SMILES string of the molecule is Nc1nc2cc(C(F)(F)F)ccc2n1Cc1ccc(Cl)s1. The van der Waals surface area contributed by atoms with Crippen molar-refractivity contribution in [3.63, 3.8) is 0 Å². The van der Waals surface area contributed by atoms with Crippen molar-refractivity contribution in [1.29, 1.82) is 0 Å². The molecule has 2 heterocycles. The van der Waals surface area contributed by atoms with Crippen molar-refractivity contribution in [2.75, 3.05) is 5.73 Å². The number of nitrogens with zero attached hydrogens (tertiary/aromatic N) is 2. The van der Waals surface area contributed by atoms with Gasteiger partial charge in [0.15, 0.2) is 0 Å². The van der Waals surface area contributed by atoms with Crippen LogP contribution in [0.2, 0.25) is 4.34 Å². The third kappa shape index (κ3) is 2.71. The Morgan fingerprint density at radius 2 is 2.00 bits per heavy atom. The van der Waals surface area contributed by atoms with Gasteiger partial charge in [-0.15, -0.1) is 11.3 Å². The first kappa shape index (κ1) is 14.2. The first-order valence-corrected chi connectivity index (χ1v) is 7.11. The minimum absolute atomic E-state index is 0.175. The van der Waals surface area contributed by atoms with E-state index >= 15 is 0 Å². The summed E-state index contributed by atoms with van der Waals surface area (Å²) >= 11 is 7.26.